The lowest BCUT2D eigenvalue weighted by atomic mass is 10.0. The third kappa shape index (κ3) is 4.31. The van der Waals surface area contributed by atoms with Gasteiger partial charge in [0.25, 0.3) is 5.91 Å². The SMILES string of the molecule is CC(C)N1CC(C(=O)N2CCC(NC(=O)c3ccc(F)cc3F)CC2)CC1=O. The molecule has 1 N–H and O–H groups in total. The molecule has 2 heterocycles. The van der Waals surface area contributed by atoms with Crippen LogP contribution in [0.1, 0.15) is 43.5 Å². The number of nitrogens with zero attached hydrogens (tertiary/aromatic N) is 2. The van der Waals surface area contributed by atoms with Crippen LogP contribution in [0.4, 0.5) is 8.78 Å². The summed E-state index contributed by atoms with van der Waals surface area (Å²) in [6.45, 7) is 5.27. The molecule has 8 heteroatoms. The van der Waals surface area contributed by atoms with Crippen LogP contribution in [0.3, 0.4) is 0 Å². The molecule has 152 valence electrons. The van der Waals surface area contributed by atoms with E-state index in [2.05, 4.69) is 5.32 Å². The molecule has 0 saturated carbocycles. The number of rotatable bonds is 4. The van der Waals surface area contributed by atoms with Crippen molar-refractivity contribution in [1.29, 1.82) is 0 Å². The Balaban J connectivity index is 1.51. The first-order chi connectivity index (χ1) is 13.3. The summed E-state index contributed by atoms with van der Waals surface area (Å²) in [6, 6.07) is 2.75. The van der Waals surface area contributed by atoms with Gasteiger partial charge in [-0.3, -0.25) is 14.4 Å². The van der Waals surface area contributed by atoms with Gasteiger partial charge in [-0.05, 0) is 38.8 Å². The first kappa shape index (κ1) is 20.2. The highest BCUT2D eigenvalue weighted by Gasteiger charge is 2.38. The molecule has 3 amide bonds. The van der Waals surface area contributed by atoms with Crippen LogP contribution >= 0.6 is 0 Å². The molecule has 2 aliphatic heterocycles. The second-order valence-electron chi connectivity index (χ2n) is 7.74. The number of nitrogens with one attached hydrogen (secondary N) is 1. The van der Waals surface area contributed by atoms with Gasteiger partial charge in [0.2, 0.25) is 11.8 Å². The lowest BCUT2D eigenvalue weighted by Crippen LogP contribution is -2.48. The summed E-state index contributed by atoms with van der Waals surface area (Å²) in [5.41, 5.74) is -0.196. The van der Waals surface area contributed by atoms with Crippen LogP contribution < -0.4 is 5.32 Å². The summed E-state index contributed by atoms with van der Waals surface area (Å²) in [7, 11) is 0. The fourth-order valence-corrected chi connectivity index (χ4v) is 3.84. The van der Waals surface area contributed by atoms with Crippen molar-refractivity contribution in [3.05, 3.63) is 35.4 Å². The Hall–Kier alpha value is -2.51. The minimum absolute atomic E-state index is 0.0109. The smallest absolute Gasteiger partial charge is 0.254 e. The van der Waals surface area contributed by atoms with Gasteiger partial charge in [0.15, 0.2) is 0 Å². The largest absolute Gasteiger partial charge is 0.349 e. The van der Waals surface area contributed by atoms with Crippen LogP contribution in [0, 0.1) is 17.6 Å². The Bertz CT molecular complexity index is 776. The van der Waals surface area contributed by atoms with Crippen LogP contribution in [0.25, 0.3) is 0 Å². The maximum atomic E-state index is 13.7. The predicted molar refractivity (Wildman–Crippen MR) is 98.4 cm³/mol. The molecule has 0 aliphatic carbocycles. The monoisotopic (exact) mass is 393 g/mol. The summed E-state index contributed by atoms with van der Waals surface area (Å²) in [4.78, 5) is 40.4. The van der Waals surface area contributed by atoms with E-state index in [-0.39, 0.29) is 41.8 Å². The Morgan fingerprint density at radius 1 is 1.18 bits per heavy atom. The fraction of sp³-hybridized carbons (Fsp3) is 0.550. The Morgan fingerprint density at radius 3 is 2.43 bits per heavy atom. The number of hydrogen-bond acceptors (Lipinski definition) is 3. The van der Waals surface area contributed by atoms with Gasteiger partial charge in [0.05, 0.1) is 11.5 Å². The number of benzene rings is 1. The lowest BCUT2D eigenvalue weighted by molar-refractivity contribution is -0.136. The summed E-state index contributed by atoms with van der Waals surface area (Å²) >= 11 is 0. The van der Waals surface area contributed by atoms with E-state index in [0.717, 1.165) is 12.1 Å². The number of piperidine rings is 1. The van der Waals surface area contributed by atoms with Crippen molar-refractivity contribution < 1.29 is 23.2 Å². The highest BCUT2D eigenvalue weighted by atomic mass is 19.1. The summed E-state index contributed by atoms with van der Waals surface area (Å²) < 4.78 is 26.7. The van der Waals surface area contributed by atoms with Crippen molar-refractivity contribution >= 4 is 17.7 Å². The average molecular weight is 393 g/mol. The van der Waals surface area contributed by atoms with Crippen molar-refractivity contribution in [2.24, 2.45) is 5.92 Å². The highest BCUT2D eigenvalue weighted by molar-refractivity contribution is 5.94. The average Bonchev–Trinajstić information content (AvgIpc) is 3.03. The lowest BCUT2D eigenvalue weighted by Gasteiger charge is -2.34. The molecular weight excluding hydrogens is 368 g/mol. The zero-order chi connectivity index (χ0) is 20.4. The molecule has 1 unspecified atom stereocenters. The van der Waals surface area contributed by atoms with Gasteiger partial charge in [0, 0.05) is 44.2 Å². The number of likely N-dealkylation sites (tertiary alicyclic amines) is 2. The van der Waals surface area contributed by atoms with Crippen LogP contribution in [0.2, 0.25) is 0 Å². The molecule has 28 heavy (non-hydrogen) atoms. The minimum atomic E-state index is -0.897. The van der Waals surface area contributed by atoms with E-state index in [1.54, 1.807) is 9.80 Å². The van der Waals surface area contributed by atoms with Gasteiger partial charge >= 0.3 is 0 Å². The van der Waals surface area contributed by atoms with E-state index in [4.69, 9.17) is 0 Å². The molecule has 2 fully saturated rings. The maximum absolute atomic E-state index is 13.7. The van der Waals surface area contributed by atoms with Crippen LogP contribution in [-0.4, -0.2) is 59.2 Å². The molecule has 0 bridgehead atoms. The molecular formula is C20H25F2N3O3. The minimum Gasteiger partial charge on any atom is -0.349 e. The van der Waals surface area contributed by atoms with E-state index in [1.165, 1.54) is 0 Å². The Labute approximate surface area is 162 Å². The van der Waals surface area contributed by atoms with E-state index in [1.807, 2.05) is 13.8 Å². The predicted octanol–water partition coefficient (Wildman–Crippen LogP) is 1.94. The Morgan fingerprint density at radius 2 is 1.86 bits per heavy atom. The normalized spacial score (nSPS) is 20.8. The van der Waals surface area contributed by atoms with E-state index >= 15 is 0 Å². The van der Waals surface area contributed by atoms with Gasteiger partial charge < -0.3 is 15.1 Å². The molecule has 1 atom stereocenters. The van der Waals surface area contributed by atoms with Gasteiger partial charge in [0.1, 0.15) is 11.6 Å². The molecule has 0 radical (unpaired) electrons. The molecule has 0 aromatic heterocycles. The van der Waals surface area contributed by atoms with Crippen molar-refractivity contribution in [1.82, 2.24) is 15.1 Å². The van der Waals surface area contributed by atoms with Crippen molar-refractivity contribution in [2.45, 2.75) is 45.2 Å². The quantitative estimate of drug-likeness (QED) is 0.850. The standard InChI is InChI=1S/C20H25F2N3O3/c1-12(2)25-11-13(9-18(25)26)20(28)24-7-5-15(6-8-24)23-19(27)16-4-3-14(21)10-17(16)22/h3-4,10,12-13,15H,5-9,11H2,1-2H3,(H,23,27). The second-order valence-corrected chi connectivity index (χ2v) is 7.74. The Kier molecular flexibility index (Phi) is 5.96. The molecule has 3 rings (SSSR count). The number of carbonyl (C=O) groups is 3. The summed E-state index contributed by atoms with van der Waals surface area (Å²) in [6.07, 6.45) is 1.35. The second kappa shape index (κ2) is 8.24. The van der Waals surface area contributed by atoms with Crippen LogP contribution in [0.15, 0.2) is 18.2 Å². The van der Waals surface area contributed by atoms with Crippen molar-refractivity contribution in [3.8, 4) is 0 Å². The summed E-state index contributed by atoms with van der Waals surface area (Å²) in [5, 5.41) is 2.75. The topological polar surface area (TPSA) is 69.7 Å². The first-order valence-electron chi connectivity index (χ1n) is 9.60. The van der Waals surface area contributed by atoms with Crippen molar-refractivity contribution in [2.75, 3.05) is 19.6 Å². The van der Waals surface area contributed by atoms with Crippen LogP contribution in [0.5, 0.6) is 0 Å². The van der Waals surface area contributed by atoms with E-state index in [9.17, 15) is 23.2 Å². The number of hydrogen-bond donors (Lipinski definition) is 1. The molecule has 2 saturated heterocycles. The maximum Gasteiger partial charge on any atom is 0.254 e. The summed E-state index contributed by atoms with van der Waals surface area (Å²) in [5.74, 6) is -2.54. The van der Waals surface area contributed by atoms with E-state index < -0.39 is 17.5 Å². The molecule has 1 aromatic carbocycles. The van der Waals surface area contributed by atoms with Crippen LogP contribution in [-0.2, 0) is 9.59 Å². The molecule has 0 spiro atoms. The molecule has 6 nitrogen and oxygen atoms in total. The van der Waals surface area contributed by atoms with Gasteiger partial charge in [-0.15, -0.1) is 0 Å². The van der Waals surface area contributed by atoms with Gasteiger partial charge in [-0.25, -0.2) is 8.78 Å². The zero-order valence-electron chi connectivity index (χ0n) is 16.1. The molecule has 2 aliphatic rings. The zero-order valence-corrected chi connectivity index (χ0v) is 16.1. The fourth-order valence-electron chi connectivity index (χ4n) is 3.84. The van der Waals surface area contributed by atoms with Gasteiger partial charge in [-0.1, -0.05) is 0 Å². The highest BCUT2D eigenvalue weighted by Crippen LogP contribution is 2.24. The number of carbonyl (C=O) groups excluding carboxylic acids is 3. The van der Waals surface area contributed by atoms with Crippen molar-refractivity contribution in [3.63, 3.8) is 0 Å². The number of halogens is 2. The number of amides is 3. The van der Waals surface area contributed by atoms with Gasteiger partial charge in [-0.2, -0.15) is 0 Å². The third-order valence-electron chi connectivity index (χ3n) is 5.45. The molecule has 1 aromatic rings. The van der Waals surface area contributed by atoms with E-state index in [0.29, 0.717) is 38.5 Å². The first-order valence-corrected chi connectivity index (χ1v) is 9.60. The third-order valence-corrected chi connectivity index (χ3v) is 5.45.